The third-order valence-electron chi connectivity index (χ3n) is 4.14. The highest BCUT2D eigenvalue weighted by Crippen LogP contribution is 2.29. The maximum Gasteiger partial charge on any atom is 0.0780 e. The summed E-state index contributed by atoms with van der Waals surface area (Å²) in [4.78, 5) is 0. The first-order valence-electron chi connectivity index (χ1n) is 6.85. The number of nitrogens with two attached hydrogens (primary N) is 1. The van der Waals surface area contributed by atoms with Gasteiger partial charge in [-0.1, -0.05) is 13.3 Å². The van der Waals surface area contributed by atoms with Gasteiger partial charge in [-0.3, -0.25) is 0 Å². The SMILES string of the molecule is CCC1CCC(OC2CC[NH2+]CC2)CC1. The minimum Gasteiger partial charge on any atom is -0.375 e. The van der Waals surface area contributed by atoms with Gasteiger partial charge in [0.05, 0.1) is 25.3 Å². The van der Waals surface area contributed by atoms with E-state index < -0.39 is 0 Å². The van der Waals surface area contributed by atoms with E-state index in [1.807, 2.05) is 0 Å². The lowest BCUT2D eigenvalue weighted by Crippen LogP contribution is -2.86. The van der Waals surface area contributed by atoms with Crippen LogP contribution in [0.1, 0.15) is 51.9 Å². The molecule has 2 aliphatic rings. The van der Waals surface area contributed by atoms with Crippen molar-refractivity contribution in [3.63, 3.8) is 0 Å². The van der Waals surface area contributed by atoms with E-state index in [1.54, 1.807) is 0 Å². The molecule has 0 aromatic carbocycles. The van der Waals surface area contributed by atoms with Crippen molar-refractivity contribution in [1.29, 1.82) is 0 Å². The van der Waals surface area contributed by atoms with Crippen LogP contribution in [0.2, 0.25) is 0 Å². The van der Waals surface area contributed by atoms with Crippen LogP contribution in [0.3, 0.4) is 0 Å². The second-order valence-electron chi connectivity index (χ2n) is 5.25. The molecule has 0 amide bonds. The summed E-state index contributed by atoms with van der Waals surface area (Å²) >= 11 is 0. The number of rotatable bonds is 3. The highest BCUT2D eigenvalue weighted by Gasteiger charge is 2.24. The number of ether oxygens (including phenoxy) is 1. The van der Waals surface area contributed by atoms with Crippen molar-refractivity contribution >= 4 is 0 Å². The fourth-order valence-electron chi connectivity index (χ4n) is 2.98. The molecule has 1 heterocycles. The van der Waals surface area contributed by atoms with Gasteiger partial charge in [0.25, 0.3) is 0 Å². The van der Waals surface area contributed by atoms with Crippen molar-refractivity contribution in [1.82, 2.24) is 0 Å². The highest BCUT2D eigenvalue weighted by atomic mass is 16.5. The normalized spacial score (nSPS) is 34.2. The Kier molecular flexibility index (Phi) is 4.45. The van der Waals surface area contributed by atoms with Gasteiger partial charge in [0.2, 0.25) is 0 Å². The fourth-order valence-corrected chi connectivity index (χ4v) is 2.98. The predicted octanol–water partition coefficient (Wildman–Crippen LogP) is 1.70. The van der Waals surface area contributed by atoms with Crippen molar-refractivity contribution in [2.45, 2.75) is 64.1 Å². The van der Waals surface area contributed by atoms with Crippen LogP contribution in [0.25, 0.3) is 0 Å². The quantitative estimate of drug-likeness (QED) is 0.757. The van der Waals surface area contributed by atoms with Gasteiger partial charge in [-0.05, 0) is 31.6 Å². The summed E-state index contributed by atoms with van der Waals surface area (Å²) in [5.74, 6) is 0.990. The van der Waals surface area contributed by atoms with Crippen LogP contribution in [0.5, 0.6) is 0 Å². The molecule has 0 bridgehead atoms. The molecule has 2 heteroatoms. The predicted molar refractivity (Wildman–Crippen MR) is 61.8 cm³/mol. The van der Waals surface area contributed by atoms with Crippen molar-refractivity contribution < 1.29 is 10.1 Å². The second-order valence-corrected chi connectivity index (χ2v) is 5.25. The van der Waals surface area contributed by atoms with E-state index in [0.717, 1.165) is 5.92 Å². The summed E-state index contributed by atoms with van der Waals surface area (Å²) in [6.07, 6.45) is 10.5. The molecule has 1 aliphatic carbocycles. The maximum atomic E-state index is 6.21. The van der Waals surface area contributed by atoms with E-state index in [4.69, 9.17) is 4.74 Å². The molecular weight excluding hydrogens is 186 g/mol. The fraction of sp³-hybridized carbons (Fsp3) is 1.00. The summed E-state index contributed by atoms with van der Waals surface area (Å²) in [5.41, 5.74) is 0. The van der Waals surface area contributed by atoms with Crippen LogP contribution in [0, 0.1) is 5.92 Å². The molecule has 1 saturated heterocycles. The molecule has 1 saturated carbocycles. The van der Waals surface area contributed by atoms with Crippen molar-refractivity contribution in [2.75, 3.05) is 13.1 Å². The standard InChI is InChI=1S/C13H25NO/c1-2-11-3-5-12(6-4-11)15-13-7-9-14-10-8-13/h11-14H,2-10H2,1H3/p+1. The molecule has 2 nitrogen and oxygen atoms in total. The van der Waals surface area contributed by atoms with Gasteiger partial charge in [0, 0.05) is 12.8 Å². The van der Waals surface area contributed by atoms with Gasteiger partial charge in [0.15, 0.2) is 0 Å². The molecule has 2 rings (SSSR count). The lowest BCUT2D eigenvalue weighted by Gasteiger charge is -2.32. The van der Waals surface area contributed by atoms with E-state index in [-0.39, 0.29) is 0 Å². The maximum absolute atomic E-state index is 6.21. The average Bonchev–Trinajstić information content (AvgIpc) is 2.31. The van der Waals surface area contributed by atoms with Gasteiger partial charge >= 0.3 is 0 Å². The van der Waals surface area contributed by atoms with Gasteiger partial charge in [0.1, 0.15) is 0 Å². The van der Waals surface area contributed by atoms with Crippen LogP contribution in [-0.4, -0.2) is 25.3 Å². The van der Waals surface area contributed by atoms with E-state index in [2.05, 4.69) is 12.2 Å². The Hall–Kier alpha value is -0.0800. The summed E-state index contributed by atoms with van der Waals surface area (Å²) in [7, 11) is 0. The third kappa shape index (κ3) is 3.46. The van der Waals surface area contributed by atoms with Crippen LogP contribution in [0.15, 0.2) is 0 Å². The van der Waals surface area contributed by atoms with Crippen LogP contribution in [0.4, 0.5) is 0 Å². The molecule has 1 aliphatic heterocycles. The lowest BCUT2D eigenvalue weighted by atomic mass is 9.85. The molecule has 0 radical (unpaired) electrons. The zero-order valence-electron chi connectivity index (χ0n) is 10.1. The van der Waals surface area contributed by atoms with E-state index in [9.17, 15) is 0 Å². The second kappa shape index (κ2) is 5.86. The number of piperidine rings is 1. The summed E-state index contributed by atoms with van der Waals surface area (Å²) in [6, 6.07) is 0. The zero-order chi connectivity index (χ0) is 10.5. The van der Waals surface area contributed by atoms with E-state index in [0.29, 0.717) is 12.2 Å². The Labute approximate surface area is 93.8 Å². The van der Waals surface area contributed by atoms with Crippen molar-refractivity contribution in [2.24, 2.45) is 5.92 Å². The Morgan fingerprint density at radius 2 is 1.53 bits per heavy atom. The minimum atomic E-state index is 0.582. The number of hydrogen-bond acceptors (Lipinski definition) is 1. The highest BCUT2D eigenvalue weighted by molar-refractivity contribution is 4.74. The Balaban J connectivity index is 1.67. The van der Waals surface area contributed by atoms with Crippen LogP contribution in [-0.2, 0) is 4.74 Å². The molecule has 15 heavy (non-hydrogen) atoms. The van der Waals surface area contributed by atoms with E-state index >= 15 is 0 Å². The first-order chi connectivity index (χ1) is 7.38. The first-order valence-corrected chi connectivity index (χ1v) is 6.85. The zero-order valence-corrected chi connectivity index (χ0v) is 10.1. The lowest BCUT2D eigenvalue weighted by molar-refractivity contribution is -0.665. The minimum absolute atomic E-state index is 0.582. The number of hydrogen-bond donors (Lipinski definition) is 1. The van der Waals surface area contributed by atoms with Crippen LogP contribution < -0.4 is 5.32 Å². The molecule has 0 aromatic heterocycles. The van der Waals surface area contributed by atoms with Crippen molar-refractivity contribution in [3.05, 3.63) is 0 Å². The molecule has 2 fully saturated rings. The van der Waals surface area contributed by atoms with Crippen LogP contribution >= 0.6 is 0 Å². The Morgan fingerprint density at radius 1 is 0.933 bits per heavy atom. The molecule has 88 valence electrons. The van der Waals surface area contributed by atoms with Gasteiger partial charge in [-0.15, -0.1) is 0 Å². The topological polar surface area (TPSA) is 25.8 Å². The summed E-state index contributed by atoms with van der Waals surface area (Å²) < 4.78 is 6.21. The van der Waals surface area contributed by atoms with Gasteiger partial charge < -0.3 is 10.1 Å². The molecule has 0 unspecified atom stereocenters. The first kappa shape index (κ1) is 11.4. The smallest absolute Gasteiger partial charge is 0.0780 e. The van der Waals surface area contributed by atoms with Gasteiger partial charge in [-0.2, -0.15) is 0 Å². The summed E-state index contributed by atoms with van der Waals surface area (Å²) in [6.45, 7) is 4.87. The molecule has 0 spiro atoms. The molecule has 0 atom stereocenters. The average molecular weight is 212 g/mol. The van der Waals surface area contributed by atoms with Crippen molar-refractivity contribution in [3.8, 4) is 0 Å². The third-order valence-corrected chi connectivity index (χ3v) is 4.14. The molecular formula is C13H26NO+. The monoisotopic (exact) mass is 212 g/mol. The summed E-state index contributed by atoms with van der Waals surface area (Å²) in [5, 5.41) is 2.41. The Morgan fingerprint density at radius 3 is 2.13 bits per heavy atom. The van der Waals surface area contributed by atoms with E-state index in [1.165, 1.54) is 58.0 Å². The molecule has 0 aromatic rings. The number of quaternary nitrogens is 1. The largest absolute Gasteiger partial charge is 0.375 e. The van der Waals surface area contributed by atoms with Gasteiger partial charge in [-0.25, -0.2) is 0 Å². The Bertz CT molecular complexity index is 169. The molecule has 2 N–H and O–H groups in total.